The van der Waals surface area contributed by atoms with Crippen LogP contribution < -0.4 is 14.2 Å². The molecule has 0 atom stereocenters. The molecule has 1 amide bonds. The molecule has 0 aliphatic carbocycles. The van der Waals surface area contributed by atoms with Crippen LogP contribution in [0, 0.1) is 27.7 Å². The molecule has 0 N–H and O–H groups in total. The van der Waals surface area contributed by atoms with Gasteiger partial charge in [-0.1, -0.05) is 58.7 Å². The van der Waals surface area contributed by atoms with Crippen molar-refractivity contribution >= 4 is 5.91 Å². The largest absolute Gasteiger partial charge is 0.493 e. The number of carbonyl (C=O) groups is 1. The predicted molar refractivity (Wildman–Crippen MR) is 167 cm³/mol. The first-order valence-corrected chi connectivity index (χ1v) is 14.7. The van der Waals surface area contributed by atoms with Crippen molar-refractivity contribution in [3.63, 3.8) is 0 Å². The monoisotopic (exact) mass is 561 g/mol. The number of ether oxygens (including phenoxy) is 3. The molecule has 0 unspecified atom stereocenters. The van der Waals surface area contributed by atoms with Crippen LogP contribution in [-0.2, 0) is 13.1 Å². The lowest BCUT2D eigenvalue weighted by Crippen LogP contribution is -2.48. The number of rotatable bonds is 14. The Hall–Kier alpha value is -3.51. The first kappa shape index (κ1) is 32.0. The van der Waals surface area contributed by atoms with Crippen molar-refractivity contribution in [1.82, 2.24) is 4.90 Å². The van der Waals surface area contributed by atoms with Gasteiger partial charge in [0.1, 0.15) is 6.54 Å². The molecule has 6 heteroatoms. The van der Waals surface area contributed by atoms with Crippen LogP contribution in [0.1, 0.15) is 64.0 Å². The van der Waals surface area contributed by atoms with Gasteiger partial charge in [0.15, 0.2) is 11.5 Å². The smallest absolute Gasteiger partial charge is 0.254 e. The number of hydrogen-bond acceptors (Lipinski definition) is 4. The van der Waals surface area contributed by atoms with Crippen molar-refractivity contribution in [2.45, 2.75) is 61.1 Å². The highest BCUT2D eigenvalue weighted by molar-refractivity contribution is 5.95. The van der Waals surface area contributed by atoms with Gasteiger partial charge in [-0.2, -0.15) is 0 Å². The minimum atomic E-state index is -0.0520. The second kappa shape index (κ2) is 14.4. The number of amides is 1. The van der Waals surface area contributed by atoms with E-state index in [0.717, 1.165) is 42.6 Å². The van der Waals surface area contributed by atoms with Crippen molar-refractivity contribution in [2.24, 2.45) is 0 Å². The summed E-state index contributed by atoms with van der Waals surface area (Å²) in [5.41, 5.74) is 8.03. The van der Waals surface area contributed by atoms with E-state index in [1.54, 1.807) is 33.5 Å². The van der Waals surface area contributed by atoms with Crippen LogP contribution in [0.2, 0.25) is 0 Å². The van der Waals surface area contributed by atoms with Crippen molar-refractivity contribution in [1.29, 1.82) is 0 Å². The molecule has 0 bridgehead atoms. The Labute approximate surface area is 247 Å². The lowest BCUT2D eigenvalue weighted by atomic mass is 10.1. The number of benzene rings is 3. The van der Waals surface area contributed by atoms with Gasteiger partial charge in [-0.05, 0) is 59.2 Å². The van der Waals surface area contributed by atoms with E-state index in [2.05, 4.69) is 77.9 Å². The minimum Gasteiger partial charge on any atom is -0.493 e. The second-order valence-corrected chi connectivity index (χ2v) is 11.3. The Kier molecular flexibility index (Phi) is 11.2. The summed E-state index contributed by atoms with van der Waals surface area (Å²) in [6.45, 7) is 18.4. The van der Waals surface area contributed by atoms with Gasteiger partial charge in [0.05, 0.1) is 41.0 Å². The Bertz CT molecular complexity index is 1260. The van der Waals surface area contributed by atoms with Crippen LogP contribution in [-0.4, -0.2) is 62.8 Å². The zero-order valence-corrected chi connectivity index (χ0v) is 26.6. The number of carbonyl (C=O) groups excluding carboxylic acids is 1. The first-order valence-electron chi connectivity index (χ1n) is 14.7. The van der Waals surface area contributed by atoms with E-state index in [1.807, 2.05) is 4.90 Å². The molecular weight excluding hydrogens is 512 g/mol. The topological polar surface area (TPSA) is 48.0 Å². The Balaban J connectivity index is 1.90. The summed E-state index contributed by atoms with van der Waals surface area (Å²) in [5.74, 6) is 1.38. The van der Waals surface area contributed by atoms with Gasteiger partial charge in [0.2, 0.25) is 5.75 Å². The first-order chi connectivity index (χ1) is 19.6. The van der Waals surface area contributed by atoms with Crippen LogP contribution in [0.5, 0.6) is 17.2 Å². The summed E-state index contributed by atoms with van der Waals surface area (Å²) < 4.78 is 17.6. The van der Waals surface area contributed by atoms with Gasteiger partial charge < -0.3 is 23.6 Å². The molecule has 3 aromatic carbocycles. The summed E-state index contributed by atoms with van der Waals surface area (Å²) in [6, 6.07) is 16.8. The molecule has 6 nitrogen and oxygen atoms in total. The standard InChI is InChI=1S/C35H49N2O4/c1-10-37(11-2,24-30-19-27(5)16-28(6)20-30)14-12-13-36(23-29-17-25(3)15-26(4)18-29)35(38)31-21-32(39-7)34(41-9)33(22-31)40-8/h15-22H,10-14,23-24H2,1-9H3/q+1. The molecule has 0 aliphatic rings. The minimum absolute atomic E-state index is 0.0520. The molecule has 0 aliphatic heterocycles. The van der Waals surface area contributed by atoms with Crippen LogP contribution in [0.4, 0.5) is 0 Å². The molecule has 3 aromatic rings. The molecule has 41 heavy (non-hydrogen) atoms. The summed E-state index contributed by atoms with van der Waals surface area (Å²) in [7, 11) is 4.71. The Morgan fingerprint density at radius 3 is 1.63 bits per heavy atom. The van der Waals surface area contributed by atoms with E-state index < -0.39 is 0 Å². The fourth-order valence-electron chi connectivity index (χ4n) is 6.01. The number of hydrogen-bond donors (Lipinski definition) is 0. The van der Waals surface area contributed by atoms with Crippen LogP contribution in [0.25, 0.3) is 0 Å². The van der Waals surface area contributed by atoms with Crippen LogP contribution in [0.15, 0.2) is 48.5 Å². The molecular formula is C35H49N2O4+. The molecule has 0 saturated heterocycles. The van der Waals surface area contributed by atoms with E-state index >= 15 is 0 Å². The Morgan fingerprint density at radius 2 is 1.20 bits per heavy atom. The molecule has 0 radical (unpaired) electrons. The summed E-state index contributed by atoms with van der Waals surface area (Å²) in [6.07, 6.45) is 0.896. The molecule has 0 aromatic heterocycles. The third-order valence-electron chi connectivity index (χ3n) is 8.06. The number of nitrogens with zero attached hydrogens (tertiary/aromatic N) is 2. The van der Waals surface area contributed by atoms with Crippen molar-refractivity contribution < 1.29 is 23.5 Å². The van der Waals surface area contributed by atoms with E-state index in [1.165, 1.54) is 27.8 Å². The average Bonchev–Trinajstić information content (AvgIpc) is 2.93. The normalized spacial score (nSPS) is 11.3. The van der Waals surface area contributed by atoms with Crippen molar-refractivity contribution in [3.8, 4) is 17.2 Å². The predicted octanol–water partition coefficient (Wildman–Crippen LogP) is 7.04. The lowest BCUT2D eigenvalue weighted by Gasteiger charge is -2.38. The maximum Gasteiger partial charge on any atom is 0.254 e. The van der Waals surface area contributed by atoms with Crippen LogP contribution >= 0.6 is 0 Å². The van der Waals surface area contributed by atoms with Gasteiger partial charge in [-0.3, -0.25) is 4.79 Å². The molecule has 0 spiro atoms. The Morgan fingerprint density at radius 1 is 0.707 bits per heavy atom. The van der Waals surface area contributed by atoms with Gasteiger partial charge in [0.25, 0.3) is 5.91 Å². The highest BCUT2D eigenvalue weighted by Crippen LogP contribution is 2.38. The molecule has 0 fully saturated rings. The fraction of sp³-hybridized carbons (Fsp3) is 0.457. The van der Waals surface area contributed by atoms with Gasteiger partial charge >= 0.3 is 0 Å². The number of methoxy groups -OCH3 is 3. The average molecular weight is 562 g/mol. The zero-order valence-electron chi connectivity index (χ0n) is 26.6. The maximum absolute atomic E-state index is 14.1. The fourth-order valence-corrected chi connectivity index (χ4v) is 6.01. The highest BCUT2D eigenvalue weighted by atomic mass is 16.5. The highest BCUT2D eigenvalue weighted by Gasteiger charge is 2.26. The number of quaternary nitrogens is 1. The lowest BCUT2D eigenvalue weighted by molar-refractivity contribution is -0.937. The van der Waals surface area contributed by atoms with Gasteiger partial charge in [0, 0.05) is 30.6 Å². The third kappa shape index (κ3) is 8.26. The van der Waals surface area contributed by atoms with E-state index in [9.17, 15) is 4.79 Å². The van der Waals surface area contributed by atoms with Crippen molar-refractivity contribution in [2.75, 3.05) is 47.5 Å². The second-order valence-electron chi connectivity index (χ2n) is 11.3. The molecule has 0 saturated carbocycles. The third-order valence-corrected chi connectivity index (χ3v) is 8.06. The van der Waals surface area contributed by atoms with E-state index in [-0.39, 0.29) is 5.91 Å². The zero-order chi connectivity index (χ0) is 30.2. The van der Waals surface area contributed by atoms with E-state index in [0.29, 0.717) is 35.9 Å². The molecule has 222 valence electrons. The van der Waals surface area contributed by atoms with Crippen molar-refractivity contribution in [3.05, 3.63) is 87.5 Å². The summed E-state index contributed by atoms with van der Waals surface area (Å²) >= 11 is 0. The summed E-state index contributed by atoms with van der Waals surface area (Å²) in [4.78, 5) is 16.0. The quantitative estimate of drug-likeness (QED) is 0.198. The molecule has 3 rings (SSSR count). The number of aryl methyl sites for hydroxylation is 4. The van der Waals surface area contributed by atoms with Gasteiger partial charge in [-0.15, -0.1) is 0 Å². The summed E-state index contributed by atoms with van der Waals surface area (Å²) in [5, 5.41) is 0. The van der Waals surface area contributed by atoms with Crippen LogP contribution in [0.3, 0.4) is 0 Å². The maximum atomic E-state index is 14.1. The van der Waals surface area contributed by atoms with E-state index in [4.69, 9.17) is 14.2 Å². The van der Waals surface area contributed by atoms with Gasteiger partial charge in [-0.25, -0.2) is 0 Å². The SMILES string of the molecule is CC[N+](CC)(CCCN(Cc1cc(C)cc(C)c1)C(=O)c1cc(OC)c(OC)c(OC)c1)Cc1cc(C)cc(C)c1. The molecule has 0 heterocycles.